The fourth-order valence-corrected chi connectivity index (χ4v) is 3.33. The van der Waals surface area contributed by atoms with E-state index < -0.39 is 0 Å². The Morgan fingerprint density at radius 2 is 2.08 bits per heavy atom. The Morgan fingerprint density at radius 1 is 1.36 bits per heavy atom. The molecule has 1 aromatic carbocycles. The van der Waals surface area contributed by atoms with Crippen LogP contribution in [0.2, 0.25) is 5.02 Å². The van der Waals surface area contributed by atoms with Crippen molar-refractivity contribution in [2.75, 3.05) is 13.2 Å². The van der Waals surface area contributed by atoms with Crippen LogP contribution in [0.1, 0.15) is 26.3 Å². The highest BCUT2D eigenvalue weighted by molar-refractivity contribution is 8.18. The number of benzene rings is 1. The number of thioether (sulfide) groups is 1. The molecule has 1 fully saturated rings. The van der Waals surface area contributed by atoms with Gasteiger partial charge in [0.1, 0.15) is 0 Å². The van der Waals surface area contributed by atoms with Gasteiger partial charge in [0.25, 0.3) is 11.1 Å². The highest BCUT2D eigenvalue weighted by atomic mass is 35.5. The molecule has 0 unspecified atom stereocenters. The summed E-state index contributed by atoms with van der Waals surface area (Å²) in [5.74, 6) is 0.627. The van der Waals surface area contributed by atoms with Crippen LogP contribution < -0.4 is 9.47 Å². The fourth-order valence-electron chi connectivity index (χ4n) is 2.22. The molecule has 0 saturated carbocycles. The molecule has 0 aliphatic carbocycles. The first-order valence-corrected chi connectivity index (χ1v) is 9.06. The molecule has 1 aromatic rings. The minimum atomic E-state index is -0.341. The van der Waals surface area contributed by atoms with Gasteiger partial charge in [0.15, 0.2) is 11.5 Å². The van der Waals surface area contributed by atoms with E-state index in [-0.39, 0.29) is 23.8 Å². The van der Waals surface area contributed by atoms with Crippen molar-refractivity contribution in [3.05, 3.63) is 40.3 Å². The maximum absolute atomic E-state index is 12.3. The minimum Gasteiger partial charge on any atom is -0.490 e. The lowest BCUT2D eigenvalue weighted by atomic mass is 10.1. The number of imide groups is 1. The average Bonchev–Trinajstić information content (AvgIpc) is 2.79. The Bertz CT molecular complexity index is 730. The second-order valence-corrected chi connectivity index (χ2v) is 6.91. The zero-order valence-corrected chi connectivity index (χ0v) is 15.9. The van der Waals surface area contributed by atoms with Crippen LogP contribution in [0.25, 0.3) is 6.08 Å². The van der Waals surface area contributed by atoms with Crippen LogP contribution in [0.3, 0.4) is 0 Å². The molecule has 1 aliphatic rings. The van der Waals surface area contributed by atoms with Gasteiger partial charge in [0.05, 0.1) is 22.6 Å². The van der Waals surface area contributed by atoms with Gasteiger partial charge in [-0.05, 0) is 56.3 Å². The summed E-state index contributed by atoms with van der Waals surface area (Å²) < 4.78 is 11.3. The summed E-state index contributed by atoms with van der Waals surface area (Å²) in [5, 5.41) is 0.0725. The monoisotopic (exact) mass is 381 g/mol. The summed E-state index contributed by atoms with van der Waals surface area (Å²) in [7, 11) is 0. The maximum atomic E-state index is 12.3. The summed E-state index contributed by atoms with van der Waals surface area (Å²) in [6, 6.07) is 3.43. The zero-order chi connectivity index (χ0) is 18.6. The molecule has 0 radical (unpaired) electrons. The molecule has 0 N–H and O–H groups in total. The summed E-state index contributed by atoms with van der Waals surface area (Å²) in [5.41, 5.74) is 0.661. The van der Waals surface area contributed by atoms with Gasteiger partial charge in [-0.1, -0.05) is 17.7 Å². The molecule has 134 valence electrons. The van der Waals surface area contributed by atoms with Crippen LogP contribution in [0.5, 0.6) is 11.5 Å². The molecule has 2 amide bonds. The van der Waals surface area contributed by atoms with Crippen molar-refractivity contribution < 1.29 is 19.1 Å². The molecule has 0 bridgehead atoms. The summed E-state index contributed by atoms with van der Waals surface area (Å²) in [6.45, 7) is 9.85. The molecule has 5 nitrogen and oxygen atoms in total. The molecule has 25 heavy (non-hydrogen) atoms. The SMILES string of the molecule is C=CCN1C(=O)S/C(=C/c2cc(Cl)c(OC(C)C)c(OCC)c2)C1=O. The Kier molecular flexibility index (Phi) is 6.56. The molecule has 1 aliphatic heterocycles. The van der Waals surface area contributed by atoms with Crippen molar-refractivity contribution in [3.8, 4) is 11.5 Å². The Balaban J connectivity index is 2.38. The third kappa shape index (κ3) is 4.58. The third-order valence-electron chi connectivity index (χ3n) is 3.17. The lowest BCUT2D eigenvalue weighted by Crippen LogP contribution is -2.27. The second kappa shape index (κ2) is 8.45. The highest BCUT2D eigenvalue weighted by Gasteiger charge is 2.34. The van der Waals surface area contributed by atoms with E-state index in [1.165, 1.54) is 6.08 Å². The van der Waals surface area contributed by atoms with Gasteiger partial charge in [-0.2, -0.15) is 0 Å². The quantitative estimate of drug-likeness (QED) is 0.504. The number of hydrogen-bond acceptors (Lipinski definition) is 5. The number of nitrogens with zero attached hydrogens (tertiary/aromatic N) is 1. The molecular formula is C18H20ClNO4S. The van der Waals surface area contributed by atoms with E-state index in [1.807, 2.05) is 20.8 Å². The first-order chi connectivity index (χ1) is 11.9. The predicted octanol–water partition coefficient (Wildman–Crippen LogP) is 4.75. The Morgan fingerprint density at radius 3 is 2.68 bits per heavy atom. The number of carbonyl (C=O) groups excluding carboxylic acids is 2. The molecule has 0 spiro atoms. The standard InChI is InChI=1S/C18H20ClNO4S/c1-5-7-20-17(21)15(25-18(20)22)10-12-8-13(19)16(24-11(3)4)14(9-12)23-6-2/h5,8-11H,1,6-7H2,2-4H3/b15-10+. The third-order valence-corrected chi connectivity index (χ3v) is 4.36. The molecule has 1 saturated heterocycles. The largest absolute Gasteiger partial charge is 0.490 e. The van der Waals surface area contributed by atoms with Gasteiger partial charge in [-0.3, -0.25) is 14.5 Å². The summed E-state index contributed by atoms with van der Waals surface area (Å²) in [6.07, 6.45) is 3.08. The normalized spacial score (nSPS) is 16.0. The van der Waals surface area contributed by atoms with Gasteiger partial charge < -0.3 is 9.47 Å². The van der Waals surface area contributed by atoms with E-state index in [0.29, 0.717) is 33.6 Å². The number of ether oxygens (including phenoxy) is 2. The number of amides is 2. The van der Waals surface area contributed by atoms with Gasteiger partial charge in [0.2, 0.25) is 0 Å². The van der Waals surface area contributed by atoms with Crippen molar-refractivity contribution in [1.29, 1.82) is 0 Å². The van der Waals surface area contributed by atoms with Crippen LogP contribution >= 0.6 is 23.4 Å². The van der Waals surface area contributed by atoms with Crippen LogP contribution in [-0.4, -0.2) is 35.3 Å². The van der Waals surface area contributed by atoms with Crippen molar-refractivity contribution >= 4 is 40.6 Å². The molecule has 0 aromatic heterocycles. The van der Waals surface area contributed by atoms with E-state index in [4.69, 9.17) is 21.1 Å². The van der Waals surface area contributed by atoms with Crippen LogP contribution in [0.4, 0.5) is 4.79 Å². The lowest BCUT2D eigenvalue weighted by molar-refractivity contribution is -0.122. The Hall–Kier alpha value is -1.92. The maximum Gasteiger partial charge on any atom is 0.293 e. The first-order valence-electron chi connectivity index (χ1n) is 7.86. The summed E-state index contributed by atoms with van der Waals surface area (Å²) in [4.78, 5) is 25.7. The van der Waals surface area contributed by atoms with E-state index in [1.54, 1.807) is 18.2 Å². The molecule has 2 rings (SSSR count). The van der Waals surface area contributed by atoms with E-state index in [9.17, 15) is 9.59 Å². The number of rotatable bonds is 7. The van der Waals surface area contributed by atoms with Crippen molar-refractivity contribution in [2.24, 2.45) is 0 Å². The topological polar surface area (TPSA) is 55.8 Å². The number of hydrogen-bond donors (Lipinski definition) is 0. The van der Waals surface area contributed by atoms with Crippen LogP contribution in [0.15, 0.2) is 29.7 Å². The zero-order valence-electron chi connectivity index (χ0n) is 14.4. The van der Waals surface area contributed by atoms with Gasteiger partial charge >= 0.3 is 0 Å². The van der Waals surface area contributed by atoms with Crippen LogP contribution in [-0.2, 0) is 4.79 Å². The van der Waals surface area contributed by atoms with E-state index in [0.717, 1.165) is 16.7 Å². The van der Waals surface area contributed by atoms with Crippen molar-refractivity contribution in [3.63, 3.8) is 0 Å². The van der Waals surface area contributed by atoms with E-state index >= 15 is 0 Å². The van der Waals surface area contributed by atoms with Gasteiger partial charge in [-0.15, -0.1) is 6.58 Å². The molecule has 7 heteroatoms. The summed E-state index contributed by atoms with van der Waals surface area (Å²) >= 11 is 7.22. The van der Waals surface area contributed by atoms with Gasteiger partial charge in [-0.25, -0.2) is 0 Å². The first kappa shape index (κ1) is 19.4. The molecule has 1 heterocycles. The van der Waals surface area contributed by atoms with Crippen LogP contribution in [0, 0.1) is 0 Å². The number of halogens is 1. The van der Waals surface area contributed by atoms with E-state index in [2.05, 4.69) is 6.58 Å². The predicted molar refractivity (Wildman–Crippen MR) is 101 cm³/mol. The highest BCUT2D eigenvalue weighted by Crippen LogP contribution is 2.39. The second-order valence-electron chi connectivity index (χ2n) is 5.51. The fraction of sp³-hybridized carbons (Fsp3) is 0.333. The minimum absolute atomic E-state index is 0.0574. The molecular weight excluding hydrogens is 362 g/mol. The lowest BCUT2D eigenvalue weighted by Gasteiger charge is -2.16. The number of carbonyl (C=O) groups is 2. The smallest absolute Gasteiger partial charge is 0.293 e. The van der Waals surface area contributed by atoms with Crippen molar-refractivity contribution in [1.82, 2.24) is 4.90 Å². The Labute approximate surface area is 156 Å². The molecule has 0 atom stereocenters. The average molecular weight is 382 g/mol. The van der Waals surface area contributed by atoms with Gasteiger partial charge in [0, 0.05) is 6.54 Å². The van der Waals surface area contributed by atoms with Crippen molar-refractivity contribution in [2.45, 2.75) is 26.9 Å².